The van der Waals surface area contributed by atoms with E-state index in [1.54, 1.807) is 7.11 Å². The van der Waals surface area contributed by atoms with Gasteiger partial charge in [-0.25, -0.2) is 0 Å². The van der Waals surface area contributed by atoms with Gasteiger partial charge in [0.25, 0.3) is 0 Å². The first-order valence-electron chi connectivity index (χ1n) is 4.10. The van der Waals surface area contributed by atoms with Crippen LogP contribution in [0.4, 0.5) is 0 Å². The molecule has 1 heterocycles. The van der Waals surface area contributed by atoms with E-state index in [-0.39, 0.29) is 0 Å². The second-order valence-corrected chi connectivity index (χ2v) is 2.77. The van der Waals surface area contributed by atoms with E-state index in [2.05, 4.69) is 16.7 Å². The third-order valence-electron chi connectivity index (χ3n) is 1.84. The molecule has 1 saturated heterocycles. The van der Waals surface area contributed by atoms with Crippen LogP contribution in [0.5, 0.6) is 0 Å². The molecule has 1 fully saturated rings. The van der Waals surface area contributed by atoms with E-state index in [9.17, 15) is 0 Å². The molecular formula is C9H15NO. The Morgan fingerprint density at radius 2 is 2.00 bits per heavy atom. The topological polar surface area (TPSA) is 12.5 Å². The molecule has 0 N–H and O–H groups in total. The Balaban J connectivity index is 2.06. The number of rotatable bonds is 2. The average Bonchev–Trinajstić information content (AvgIpc) is 2.50. The minimum absolute atomic E-state index is 0.563. The maximum Gasteiger partial charge on any atom is 0.107 e. The van der Waals surface area contributed by atoms with E-state index in [0.29, 0.717) is 6.61 Å². The van der Waals surface area contributed by atoms with E-state index < -0.39 is 0 Å². The van der Waals surface area contributed by atoms with Crippen LogP contribution in [0.15, 0.2) is 0 Å². The molecule has 1 rings (SSSR count). The van der Waals surface area contributed by atoms with Crippen LogP contribution in [0.2, 0.25) is 0 Å². The summed E-state index contributed by atoms with van der Waals surface area (Å²) >= 11 is 0. The second kappa shape index (κ2) is 5.17. The number of likely N-dealkylation sites (tertiary alicyclic amines) is 1. The summed E-state index contributed by atoms with van der Waals surface area (Å²) in [4.78, 5) is 2.38. The first-order valence-corrected chi connectivity index (χ1v) is 4.10. The Kier molecular flexibility index (Phi) is 4.03. The number of ether oxygens (including phenoxy) is 1. The van der Waals surface area contributed by atoms with Gasteiger partial charge in [-0.2, -0.15) is 0 Å². The number of nitrogens with zero attached hydrogens (tertiary/aromatic N) is 1. The lowest BCUT2D eigenvalue weighted by atomic mass is 10.4. The SMILES string of the molecule is COCC#CCN1CCCC1. The summed E-state index contributed by atoms with van der Waals surface area (Å²) in [6.07, 6.45) is 2.68. The molecule has 0 unspecified atom stereocenters. The van der Waals surface area contributed by atoms with Crippen molar-refractivity contribution in [2.75, 3.05) is 33.4 Å². The smallest absolute Gasteiger partial charge is 0.107 e. The van der Waals surface area contributed by atoms with Gasteiger partial charge in [-0.3, -0.25) is 4.90 Å². The van der Waals surface area contributed by atoms with Gasteiger partial charge < -0.3 is 4.74 Å². The zero-order valence-corrected chi connectivity index (χ0v) is 7.10. The van der Waals surface area contributed by atoms with Crippen LogP contribution >= 0.6 is 0 Å². The molecule has 62 valence electrons. The van der Waals surface area contributed by atoms with Crippen molar-refractivity contribution in [1.29, 1.82) is 0 Å². The molecule has 11 heavy (non-hydrogen) atoms. The van der Waals surface area contributed by atoms with Crippen molar-refractivity contribution < 1.29 is 4.74 Å². The van der Waals surface area contributed by atoms with Crippen LogP contribution in [0.3, 0.4) is 0 Å². The summed E-state index contributed by atoms with van der Waals surface area (Å²) in [6.45, 7) is 3.93. The summed E-state index contributed by atoms with van der Waals surface area (Å²) in [5.74, 6) is 6.03. The fraction of sp³-hybridized carbons (Fsp3) is 0.778. The van der Waals surface area contributed by atoms with Crippen LogP contribution in [0.25, 0.3) is 0 Å². The number of hydrogen-bond donors (Lipinski definition) is 0. The highest BCUT2D eigenvalue weighted by atomic mass is 16.5. The molecule has 0 saturated carbocycles. The fourth-order valence-electron chi connectivity index (χ4n) is 1.23. The van der Waals surface area contributed by atoms with Gasteiger partial charge in [0.05, 0.1) is 6.54 Å². The third kappa shape index (κ3) is 3.41. The normalized spacial score (nSPS) is 17.9. The van der Waals surface area contributed by atoms with Crippen LogP contribution in [-0.2, 0) is 4.74 Å². The average molecular weight is 153 g/mol. The lowest BCUT2D eigenvalue weighted by Crippen LogP contribution is -2.19. The Bertz CT molecular complexity index is 151. The summed E-state index contributed by atoms with van der Waals surface area (Å²) in [5.41, 5.74) is 0. The van der Waals surface area contributed by atoms with Crippen molar-refractivity contribution in [2.24, 2.45) is 0 Å². The molecular weight excluding hydrogens is 138 g/mol. The Morgan fingerprint density at radius 1 is 1.27 bits per heavy atom. The Hall–Kier alpha value is -0.520. The van der Waals surface area contributed by atoms with Gasteiger partial charge in [-0.05, 0) is 25.9 Å². The van der Waals surface area contributed by atoms with Gasteiger partial charge in [0.2, 0.25) is 0 Å². The summed E-state index contributed by atoms with van der Waals surface area (Å²) in [6, 6.07) is 0. The van der Waals surface area contributed by atoms with E-state index in [1.165, 1.54) is 25.9 Å². The van der Waals surface area contributed by atoms with Crippen molar-refractivity contribution in [3.05, 3.63) is 0 Å². The molecule has 0 atom stereocenters. The number of methoxy groups -OCH3 is 1. The molecule has 0 bridgehead atoms. The van der Waals surface area contributed by atoms with Crippen LogP contribution in [0, 0.1) is 11.8 Å². The molecule has 0 aliphatic carbocycles. The highest BCUT2D eigenvalue weighted by Gasteiger charge is 2.08. The van der Waals surface area contributed by atoms with E-state index in [4.69, 9.17) is 4.74 Å². The standard InChI is InChI=1S/C9H15NO/c1-11-9-5-4-8-10-6-2-3-7-10/h2-3,6-9H2,1H3. The molecule has 0 radical (unpaired) electrons. The minimum Gasteiger partial charge on any atom is -0.372 e. The van der Waals surface area contributed by atoms with E-state index in [0.717, 1.165) is 6.54 Å². The number of hydrogen-bond acceptors (Lipinski definition) is 2. The van der Waals surface area contributed by atoms with Gasteiger partial charge in [-0.15, -0.1) is 0 Å². The van der Waals surface area contributed by atoms with Crippen molar-refractivity contribution in [1.82, 2.24) is 4.90 Å². The lowest BCUT2D eigenvalue weighted by molar-refractivity contribution is 0.239. The molecule has 0 spiro atoms. The summed E-state index contributed by atoms with van der Waals surface area (Å²) < 4.78 is 4.81. The first-order chi connectivity index (χ1) is 5.43. The van der Waals surface area contributed by atoms with Crippen molar-refractivity contribution >= 4 is 0 Å². The zero-order chi connectivity index (χ0) is 7.94. The predicted octanol–water partition coefficient (Wildman–Crippen LogP) is 0.732. The zero-order valence-electron chi connectivity index (χ0n) is 7.10. The maximum atomic E-state index is 4.81. The Morgan fingerprint density at radius 3 is 2.64 bits per heavy atom. The van der Waals surface area contributed by atoms with Gasteiger partial charge in [0.15, 0.2) is 0 Å². The van der Waals surface area contributed by atoms with Crippen molar-refractivity contribution in [3.8, 4) is 11.8 Å². The molecule has 1 aliphatic rings. The van der Waals surface area contributed by atoms with Crippen LogP contribution < -0.4 is 0 Å². The second-order valence-electron chi connectivity index (χ2n) is 2.77. The van der Waals surface area contributed by atoms with Crippen LogP contribution in [-0.4, -0.2) is 38.3 Å². The molecule has 0 amide bonds. The molecule has 2 heteroatoms. The maximum absolute atomic E-state index is 4.81. The Labute approximate surface area is 68.5 Å². The third-order valence-corrected chi connectivity index (χ3v) is 1.84. The molecule has 2 nitrogen and oxygen atoms in total. The highest BCUT2D eigenvalue weighted by molar-refractivity contribution is 5.01. The largest absolute Gasteiger partial charge is 0.372 e. The quantitative estimate of drug-likeness (QED) is 0.542. The summed E-state index contributed by atoms with van der Waals surface area (Å²) in [7, 11) is 1.67. The van der Waals surface area contributed by atoms with E-state index >= 15 is 0 Å². The fourth-order valence-corrected chi connectivity index (χ4v) is 1.23. The van der Waals surface area contributed by atoms with Gasteiger partial charge in [-0.1, -0.05) is 11.8 Å². The molecule has 0 aromatic carbocycles. The van der Waals surface area contributed by atoms with Crippen molar-refractivity contribution in [3.63, 3.8) is 0 Å². The molecule has 0 aromatic rings. The monoisotopic (exact) mass is 153 g/mol. The minimum atomic E-state index is 0.563. The molecule has 1 aliphatic heterocycles. The summed E-state index contributed by atoms with van der Waals surface area (Å²) in [5, 5.41) is 0. The van der Waals surface area contributed by atoms with Gasteiger partial charge in [0, 0.05) is 7.11 Å². The molecule has 0 aromatic heterocycles. The lowest BCUT2D eigenvalue weighted by Gasteiger charge is -2.08. The van der Waals surface area contributed by atoms with E-state index in [1.807, 2.05) is 0 Å². The van der Waals surface area contributed by atoms with Gasteiger partial charge in [0.1, 0.15) is 6.61 Å². The van der Waals surface area contributed by atoms with Crippen LogP contribution in [0.1, 0.15) is 12.8 Å². The first kappa shape index (κ1) is 8.58. The van der Waals surface area contributed by atoms with Crippen molar-refractivity contribution in [2.45, 2.75) is 12.8 Å². The predicted molar refractivity (Wildman–Crippen MR) is 45.3 cm³/mol. The highest BCUT2D eigenvalue weighted by Crippen LogP contribution is 2.05. The van der Waals surface area contributed by atoms with Gasteiger partial charge >= 0.3 is 0 Å².